The third-order valence-corrected chi connectivity index (χ3v) is 6.20. The van der Waals surface area contributed by atoms with Crippen molar-refractivity contribution in [3.05, 3.63) is 46.6 Å². The van der Waals surface area contributed by atoms with E-state index in [2.05, 4.69) is 32.5 Å². The molecule has 1 aliphatic heterocycles. The van der Waals surface area contributed by atoms with Crippen LogP contribution in [0.1, 0.15) is 54.4 Å². The Morgan fingerprint density at radius 3 is 2.94 bits per heavy atom. The first-order valence-corrected chi connectivity index (χ1v) is 11.3. The third-order valence-electron chi connectivity index (χ3n) is 5.22. The lowest BCUT2D eigenvalue weighted by molar-refractivity contribution is -0.129. The molecule has 1 fully saturated rings. The van der Waals surface area contributed by atoms with Gasteiger partial charge in [0.05, 0.1) is 11.7 Å². The van der Waals surface area contributed by atoms with Gasteiger partial charge in [0.25, 0.3) is 0 Å². The van der Waals surface area contributed by atoms with E-state index in [4.69, 9.17) is 4.98 Å². The summed E-state index contributed by atoms with van der Waals surface area (Å²) in [5.41, 5.74) is 1.72. The molecule has 3 aromatic heterocycles. The summed E-state index contributed by atoms with van der Waals surface area (Å²) in [4.78, 5) is 24.3. The number of likely N-dealkylation sites (tertiary alicyclic amines) is 1. The molecule has 1 N–H and O–H groups in total. The molecular weight excluding hydrogens is 412 g/mol. The van der Waals surface area contributed by atoms with Crippen molar-refractivity contribution in [1.82, 2.24) is 34.8 Å². The average molecular weight is 439 g/mol. The number of carbonyl (C=O) groups excluding carboxylic acids is 1. The number of hydrogen-bond acceptors (Lipinski definition) is 8. The van der Waals surface area contributed by atoms with Gasteiger partial charge in [-0.1, -0.05) is 18.3 Å². The Labute approximate surface area is 185 Å². The van der Waals surface area contributed by atoms with E-state index in [0.29, 0.717) is 23.3 Å². The molecule has 0 radical (unpaired) electrons. The first-order valence-electron chi connectivity index (χ1n) is 10.4. The van der Waals surface area contributed by atoms with Crippen molar-refractivity contribution in [2.24, 2.45) is 7.05 Å². The molecule has 1 atom stereocenters. The molecule has 9 nitrogen and oxygen atoms in total. The molecule has 10 heteroatoms. The second-order valence-corrected chi connectivity index (χ2v) is 8.55. The van der Waals surface area contributed by atoms with Gasteiger partial charge in [-0.25, -0.2) is 9.97 Å². The third kappa shape index (κ3) is 4.96. The maximum Gasteiger partial charge on any atom is 0.247 e. The van der Waals surface area contributed by atoms with Gasteiger partial charge < -0.3 is 10.2 Å². The molecule has 0 bridgehead atoms. The number of aryl methyl sites for hydroxylation is 3. The van der Waals surface area contributed by atoms with Crippen LogP contribution in [-0.4, -0.2) is 47.3 Å². The predicted molar refractivity (Wildman–Crippen MR) is 120 cm³/mol. The average Bonchev–Trinajstić information content (AvgIpc) is 3.40. The van der Waals surface area contributed by atoms with Gasteiger partial charge in [0.2, 0.25) is 11.0 Å². The maximum atomic E-state index is 13.0. The number of amides is 1. The molecule has 1 amide bonds. The number of piperidine rings is 1. The van der Waals surface area contributed by atoms with Crippen molar-refractivity contribution in [2.75, 3.05) is 11.9 Å². The Balaban J connectivity index is 1.55. The van der Waals surface area contributed by atoms with Gasteiger partial charge in [-0.3, -0.25) is 9.48 Å². The summed E-state index contributed by atoms with van der Waals surface area (Å²) in [5, 5.41) is 17.4. The minimum Gasteiger partial charge on any atom is -0.329 e. The Morgan fingerprint density at radius 1 is 1.32 bits per heavy atom. The molecule has 0 aliphatic carbocycles. The number of nitrogens with zero attached hydrogens (tertiary/aromatic N) is 7. The highest BCUT2D eigenvalue weighted by molar-refractivity contribution is 7.15. The highest BCUT2D eigenvalue weighted by Gasteiger charge is 2.29. The molecule has 0 unspecified atom stereocenters. The topological polar surface area (TPSA) is 102 Å². The van der Waals surface area contributed by atoms with Crippen molar-refractivity contribution < 1.29 is 4.79 Å². The Hall–Kier alpha value is -3.14. The summed E-state index contributed by atoms with van der Waals surface area (Å²) < 4.78 is 1.73. The number of rotatable bonds is 6. The van der Waals surface area contributed by atoms with Gasteiger partial charge in [-0.2, -0.15) is 5.10 Å². The van der Waals surface area contributed by atoms with Crippen LogP contribution < -0.4 is 5.32 Å². The second kappa shape index (κ2) is 9.34. The van der Waals surface area contributed by atoms with E-state index in [1.54, 1.807) is 23.0 Å². The van der Waals surface area contributed by atoms with Gasteiger partial charge in [-0.05, 0) is 44.7 Å². The van der Waals surface area contributed by atoms with E-state index in [1.807, 2.05) is 31.0 Å². The van der Waals surface area contributed by atoms with Crippen LogP contribution in [0.4, 0.5) is 10.9 Å². The fourth-order valence-corrected chi connectivity index (χ4v) is 4.31. The highest BCUT2D eigenvalue weighted by atomic mass is 32.1. The molecule has 3 aromatic rings. The number of carbonyl (C=O) groups is 1. The van der Waals surface area contributed by atoms with Gasteiger partial charge in [0.1, 0.15) is 10.8 Å². The van der Waals surface area contributed by atoms with Crippen molar-refractivity contribution >= 4 is 34.3 Å². The summed E-state index contributed by atoms with van der Waals surface area (Å²) in [6.45, 7) is 4.68. The molecule has 4 rings (SSSR count). The number of hydrogen-bond donors (Lipinski definition) is 1. The number of aromatic nitrogens is 6. The first-order chi connectivity index (χ1) is 15.0. The molecule has 162 valence electrons. The maximum absolute atomic E-state index is 13.0. The second-order valence-electron chi connectivity index (χ2n) is 7.49. The Kier molecular flexibility index (Phi) is 6.36. The predicted octanol–water partition coefficient (Wildman–Crippen LogP) is 3.44. The molecule has 1 aliphatic rings. The zero-order valence-electron chi connectivity index (χ0n) is 17.9. The molecule has 0 aromatic carbocycles. The van der Waals surface area contributed by atoms with E-state index < -0.39 is 0 Å². The van der Waals surface area contributed by atoms with Crippen LogP contribution in [0.2, 0.25) is 0 Å². The Bertz CT molecular complexity index is 1090. The lowest BCUT2D eigenvalue weighted by Crippen LogP contribution is -2.38. The van der Waals surface area contributed by atoms with E-state index in [1.165, 1.54) is 11.3 Å². The zero-order chi connectivity index (χ0) is 21.8. The van der Waals surface area contributed by atoms with Gasteiger partial charge in [0, 0.05) is 37.6 Å². The van der Waals surface area contributed by atoms with Crippen molar-refractivity contribution in [1.29, 1.82) is 0 Å². The first kappa shape index (κ1) is 21.1. The zero-order valence-corrected chi connectivity index (χ0v) is 18.8. The largest absolute Gasteiger partial charge is 0.329 e. The molecule has 0 saturated carbocycles. The molecule has 1 saturated heterocycles. The van der Waals surface area contributed by atoms with Crippen LogP contribution in [0.25, 0.3) is 6.08 Å². The van der Waals surface area contributed by atoms with Crippen molar-refractivity contribution in [3.63, 3.8) is 0 Å². The summed E-state index contributed by atoms with van der Waals surface area (Å²) >= 11 is 1.51. The summed E-state index contributed by atoms with van der Waals surface area (Å²) in [6, 6.07) is 3.60. The Morgan fingerprint density at radius 2 is 2.19 bits per heavy atom. The lowest BCUT2D eigenvalue weighted by atomic mass is 10.0. The van der Waals surface area contributed by atoms with Crippen LogP contribution in [0, 0.1) is 6.92 Å². The number of anilines is 2. The highest BCUT2D eigenvalue weighted by Crippen LogP contribution is 2.30. The van der Waals surface area contributed by atoms with Crippen LogP contribution in [0.3, 0.4) is 0 Å². The van der Waals surface area contributed by atoms with E-state index in [9.17, 15) is 4.79 Å². The standard InChI is InChI=1S/C21H26N8OS/c1-4-18-26-27-21(31-18)25-17-13-14(2)23-20(24-17)16-7-5-6-12-29(16)19(30)9-8-15-10-11-22-28(15)3/h8-11,13,16H,4-7,12H2,1-3H3,(H,23,24,25,27)/b9-8+/t16-/m1/s1. The van der Waals surface area contributed by atoms with E-state index in [0.717, 1.165) is 42.1 Å². The minimum absolute atomic E-state index is 0.0396. The van der Waals surface area contributed by atoms with Gasteiger partial charge >= 0.3 is 0 Å². The monoisotopic (exact) mass is 438 g/mol. The van der Waals surface area contributed by atoms with Crippen LogP contribution in [0.15, 0.2) is 24.4 Å². The number of nitrogens with one attached hydrogen (secondary N) is 1. The molecule has 0 spiro atoms. The summed E-state index contributed by atoms with van der Waals surface area (Å²) in [5.74, 6) is 1.29. The van der Waals surface area contributed by atoms with Crippen molar-refractivity contribution in [3.8, 4) is 0 Å². The normalized spacial score (nSPS) is 16.7. The quantitative estimate of drug-likeness (QED) is 0.588. The van der Waals surface area contributed by atoms with E-state index in [-0.39, 0.29) is 11.9 Å². The SMILES string of the molecule is CCc1nnc(Nc2cc(C)nc([C@H]3CCCCN3C(=O)/C=C/c3ccnn3C)n2)s1. The van der Waals surface area contributed by atoms with Crippen molar-refractivity contribution in [2.45, 2.75) is 45.6 Å². The van der Waals surface area contributed by atoms with E-state index >= 15 is 0 Å². The lowest BCUT2D eigenvalue weighted by Gasteiger charge is -2.34. The fraction of sp³-hybridized carbons (Fsp3) is 0.429. The summed E-state index contributed by atoms with van der Waals surface area (Å²) in [7, 11) is 1.85. The fourth-order valence-electron chi connectivity index (χ4n) is 3.62. The molecular formula is C21H26N8OS. The summed E-state index contributed by atoms with van der Waals surface area (Å²) in [6.07, 6.45) is 8.82. The molecule has 4 heterocycles. The van der Waals surface area contributed by atoms with Crippen LogP contribution in [-0.2, 0) is 18.3 Å². The van der Waals surface area contributed by atoms with Gasteiger partial charge in [-0.15, -0.1) is 10.2 Å². The smallest absolute Gasteiger partial charge is 0.247 e. The minimum atomic E-state index is -0.154. The van der Waals surface area contributed by atoms with Gasteiger partial charge in [0.15, 0.2) is 5.82 Å². The molecule has 31 heavy (non-hydrogen) atoms. The van der Waals surface area contributed by atoms with Crippen LogP contribution >= 0.6 is 11.3 Å². The van der Waals surface area contributed by atoms with Crippen LogP contribution in [0.5, 0.6) is 0 Å².